The van der Waals surface area contributed by atoms with E-state index in [1.54, 1.807) is 4.90 Å². The third kappa shape index (κ3) is 8.01. The van der Waals surface area contributed by atoms with Crippen LogP contribution in [0.1, 0.15) is 64.0 Å². The maximum atomic E-state index is 13.3. The Morgan fingerprint density at radius 3 is 2.26 bits per heavy atom. The van der Waals surface area contributed by atoms with Gasteiger partial charge in [0.15, 0.2) is 9.84 Å². The first-order chi connectivity index (χ1) is 14.2. The molecule has 0 atom stereocenters. The molecule has 0 spiro atoms. The van der Waals surface area contributed by atoms with Crippen LogP contribution in [0, 0.1) is 5.92 Å². The van der Waals surface area contributed by atoms with Crippen molar-refractivity contribution in [3.63, 3.8) is 0 Å². The van der Waals surface area contributed by atoms with Gasteiger partial charge in [-0.3, -0.25) is 0 Å². The number of carbonyl (C=O) groups is 1. The van der Waals surface area contributed by atoms with Crippen molar-refractivity contribution in [2.45, 2.75) is 76.0 Å². The Balaban J connectivity index is 1.82. The second-order valence-corrected chi connectivity index (χ2v) is 11.2. The third-order valence-electron chi connectivity index (χ3n) is 5.34. The topological polar surface area (TPSA) is 63.7 Å². The first-order valence-electron chi connectivity index (χ1n) is 10.5. The number of benzene rings is 1. The van der Waals surface area contributed by atoms with Gasteiger partial charge in [-0.1, -0.05) is 18.9 Å². The Hall–Kier alpha value is -1.77. The van der Waals surface area contributed by atoms with Gasteiger partial charge in [0.2, 0.25) is 0 Å². The molecule has 1 fully saturated rings. The Labute approximate surface area is 182 Å². The van der Waals surface area contributed by atoms with Crippen molar-refractivity contribution in [3.05, 3.63) is 29.3 Å². The van der Waals surface area contributed by atoms with Gasteiger partial charge >= 0.3 is 12.3 Å². The summed E-state index contributed by atoms with van der Waals surface area (Å²) < 4.78 is 68.5. The number of piperidine rings is 1. The van der Waals surface area contributed by atoms with E-state index in [4.69, 9.17) is 4.74 Å². The van der Waals surface area contributed by atoms with Crippen molar-refractivity contribution >= 4 is 15.9 Å². The van der Waals surface area contributed by atoms with Crippen molar-refractivity contribution in [1.82, 2.24) is 4.90 Å². The number of sulfone groups is 1. The van der Waals surface area contributed by atoms with Gasteiger partial charge < -0.3 is 9.64 Å². The summed E-state index contributed by atoms with van der Waals surface area (Å²) in [6.45, 7) is 6.82. The molecule has 0 N–H and O–H groups in total. The van der Waals surface area contributed by atoms with Crippen molar-refractivity contribution in [1.29, 1.82) is 0 Å². The van der Waals surface area contributed by atoms with E-state index < -0.39 is 32.1 Å². The maximum Gasteiger partial charge on any atom is 0.417 e. The fourth-order valence-electron chi connectivity index (χ4n) is 3.77. The number of rotatable bonds is 6. The molecule has 1 aliphatic heterocycles. The van der Waals surface area contributed by atoms with E-state index in [1.165, 1.54) is 6.07 Å². The Morgan fingerprint density at radius 2 is 1.74 bits per heavy atom. The van der Waals surface area contributed by atoms with E-state index >= 15 is 0 Å². The van der Waals surface area contributed by atoms with E-state index in [9.17, 15) is 26.4 Å². The molecule has 1 aliphatic rings. The minimum atomic E-state index is -4.71. The second-order valence-electron chi connectivity index (χ2n) is 9.26. The van der Waals surface area contributed by atoms with Gasteiger partial charge in [-0.05, 0) is 70.1 Å². The highest BCUT2D eigenvalue weighted by Gasteiger charge is 2.36. The van der Waals surface area contributed by atoms with Crippen LogP contribution in [0.4, 0.5) is 18.0 Å². The largest absolute Gasteiger partial charge is 0.444 e. The molecule has 1 heterocycles. The van der Waals surface area contributed by atoms with Gasteiger partial charge in [0.25, 0.3) is 0 Å². The number of hydrogen-bond acceptors (Lipinski definition) is 4. The van der Waals surface area contributed by atoms with Crippen LogP contribution in [0.15, 0.2) is 23.1 Å². The predicted molar refractivity (Wildman–Crippen MR) is 113 cm³/mol. The summed E-state index contributed by atoms with van der Waals surface area (Å²) in [5.74, 6) is 0.483. The van der Waals surface area contributed by atoms with Crippen LogP contribution in [-0.4, -0.2) is 44.4 Å². The summed E-state index contributed by atoms with van der Waals surface area (Å²) >= 11 is 0. The predicted octanol–water partition coefficient (Wildman–Crippen LogP) is 5.47. The summed E-state index contributed by atoms with van der Waals surface area (Å²) in [5.41, 5.74) is -1.12. The fraction of sp³-hybridized carbons (Fsp3) is 0.682. The lowest BCUT2D eigenvalue weighted by Crippen LogP contribution is -2.41. The number of likely N-dealkylation sites (tertiary alicyclic amines) is 1. The fourth-order valence-corrected chi connectivity index (χ4v) is 4.66. The van der Waals surface area contributed by atoms with E-state index in [-0.39, 0.29) is 6.09 Å². The quantitative estimate of drug-likeness (QED) is 0.525. The Morgan fingerprint density at radius 1 is 1.13 bits per heavy atom. The van der Waals surface area contributed by atoms with E-state index in [2.05, 4.69) is 0 Å². The van der Waals surface area contributed by atoms with Gasteiger partial charge in [0.05, 0.1) is 10.5 Å². The molecular formula is C22H32F3NO4S. The average Bonchev–Trinajstić information content (AvgIpc) is 2.62. The summed E-state index contributed by atoms with van der Waals surface area (Å²) in [6, 6.07) is 3.47. The summed E-state index contributed by atoms with van der Waals surface area (Å²) in [4.78, 5) is 13.2. The van der Waals surface area contributed by atoms with E-state index in [0.717, 1.165) is 50.5 Å². The van der Waals surface area contributed by atoms with Crippen molar-refractivity contribution in [3.8, 4) is 0 Å². The molecule has 1 saturated heterocycles. The van der Waals surface area contributed by atoms with Crippen molar-refractivity contribution in [2.24, 2.45) is 5.92 Å². The molecule has 2 rings (SSSR count). The molecule has 0 radical (unpaired) electrons. The molecular weight excluding hydrogens is 431 g/mol. The number of ether oxygens (including phenoxy) is 1. The molecule has 1 aromatic carbocycles. The van der Waals surface area contributed by atoms with Crippen molar-refractivity contribution < 1.29 is 31.1 Å². The average molecular weight is 464 g/mol. The molecule has 0 aromatic heterocycles. The van der Waals surface area contributed by atoms with Gasteiger partial charge in [0, 0.05) is 19.3 Å². The van der Waals surface area contributed by atoms with Crippen LogP contribution < -0.4 is 0 Å². The minimum Gasteiger partial charge on any atom is -0.444 e. The Kier molecular flexibility index (Phi) is 8.05. The van der Waals surface area contributed by atoms with Gasteiger partial charge in [-0.2, -0.15) is 13.2 Å². The standard InChI is InChI=1S/C22H32F3NO4S/c1-21(2,3)30-20(27)26-13-11-16(12-14-26)7-5-6-8-17-9-10-19(31(4,28)29)18(15-17)22(23,24)25/h9-10,15-16H,5-8,11-14H2,1-4H3. The van der Waals surface area contributed by atoms with Crippen LogP contribution in [0.2, 0.25) is 0 Å². The summed E-state index contributed by atoms with van der Waals surface area (Å²) in [5, 5.41) is 0. The lowest BCUT2D eigenvalue weighted by atomic mass is 9.91. The van der Waals surface area contributed by atoms with Crippen LogP contribution in [0.25, 0.3) is 0 Å². The molecule has 1 amide bonds. The smallest absolute Gasteiger partial charge is 0.417 e. The first kappa shape index (κ1) is 25.5. The number of aryl methyl sites for hydroxylation is 1. The monoisotopic (exact) mass is 463 g/mol. The SMILES string of the molecule is CC(C)(C)OC(=O)N1CCC(CCCCc2ccc(S(C)(=O)=O)c(C(F)(F)F)c2)CC1. The number of unbranched alkanes of at least 4 members (excludes halogenated alkanes) is 1. The van der Waals surface area contributed by atoms with Crippen LogP contribution in [-0.2, 0) is 27.2 Å². The number of amides is 1. The minimum absolute atomic E-state index is 0.288. The highest BCUT2D eigenvalue weighted by Crippen LogP contribution is 2.35. The molecule has 9 heteroatoms. The van der Waals surface area contributed by atoms with Gasteiger partial charge in [-0.15, -0.1) is 0 Å². The Bertz CT molecular complexity index is 868. The normalized spacial score (nSPS) is 16.4. The highest BCUT2D eigenvalue weighted by atomic mass is 32.2. The zero-order valence-corrected chi connectivity index (χ0v) is 19.4. The lowest BCUT2D eigenvalue weighted by molar-refractivity contribution is -0.139. The zero-order valence-electron chi connectivity index (χ0n) is 18.6. The van der Waals surface area contributed by atoms with E-state index in [1.807, 2.05) is 20.8 Å². The summed E-state index contributed by atoms with van der Waals surface area (Å²) in [6.07, 6.45) is 0.570. The highest BCUT2D eigenvalue weighted by molar-refractivity contribution is 7.90. The van der Waals surface area contributed by atoms with Gasteiger partial charge in [-0.25, -0.2) is 13.2 Å². The molecule has 5 nitrogen and oxygen atoms in total. The van der Waals surface area contributed by atoms with Crippen molar-refractivity contribution in [2.75, 3.05) is 19.3 Å². The number of carbonyl (C=O) groups excluding carboxylic acids is 1. The van der Waals surface area contributed by atoms with Crippen LogP contribution >= 0.6 is 0 Å². The molecule has 0 unspecified atom stereocenters. The second kappa shape index (κ2) is 9.79. The molecule has 0 saturated carbocycles. The third-order valence-corrected chi connectivity index (χ3v) is 6.50. The number of nitrogens with zero attached hydrogens (tertiary/aromatic N) is 1. The molecule has 176 valence electrons. The van der Waals surface area contributed by atoms with Gasteiger partial charge in [0.1, 0.15) is 5.60 Å². The molecule has 31 heavy (non-hydrogen) atoms. The number of hydrogen-bond donors (Lipinski definition) is 0. The van der Waals surface area contributed by atoms with Crippen LogP contribution in [0.5, 0.6) is 0 Å². The zero-order chi connectivity index (χ0) is 23.4. The van der Waals surface area contributed by atoms with Crippen LogP contribution in [0.3, 0.4) is 0 Å². The maximum absolute atomic E-state index is 13.3. The number of alkyl halides is 3. The number of halogens is 3. The molecule has 0 bridgehead atoms. The molecule has 0 aliphatic carbocycles. The van der Waals surface area contributed by atoms with E-state index in [0.29, 0.717) is 31.0 Å². The lowest BCUT2D eigenvalue weighted by Gasteiger charge is -2.33. The summed E-state index contributed by atoms with van der Waals surface area (Å²) in [7, 11) is -3.95. The first-order valence-corrected chi connectivity index (χ1v) is 12.4. The molecule has 1 aromatic rings.